The van der Waals surface area contributed by atoms with Crippen LogP contribution in [0.1, 0.15) is 36.3 Å². The van der Waals surface area contributed by atoms with Crippen LogP contribution in [0.5, 0.6) is 0 Å². The first kappa shape index (κ1) is 22.6. The summed E-state index contributed by atoms with van der Waals surface area (Å²) in [6, 6.07) is 15.4. The van der Waals surface area contributed by atoms with Gasteiger partial charge in [-0.05, 0) is 41.5 Å². The molecule has 4 rings (SSSR count). The van der Waals surface area contributed by atoms with E-state index in [1.807, 2.05) is 36.4 Å². The van der Waals surface area contributed by atoms with Gasteiger partial charge in [0.05, 0.1) is 5.92 Å². The number of rotatable bonds is 8. The molecular formula is C26H28N2O5. The molecule has 1 aliphatic carbocycles. The van der Waals surface area contributed by atoms with E-state index in [4.69, 9.17) is 4.74 Å². The maximum absolute atomic E-state index is 13.0. The highest BCUT2D eigenvalue weighted by Crippen LogP contribution is 2.44. The Morgan fingerprint density at radius 3 is 2.33 bits per heavy atom. The summed E-state index contributed by atoms with van der Waals surface area (Å²) in [4.78, 5) is 38.4. The number of benzene rings is 2. The molecule has 0 spiro atoms. The molecule has 1 saturated heterocycles. The number of nitrogens with zero attached hydrogens (tertiary/aromatic N) is 1. The van der Waals surface area contributed by atoms with Crippen LogP contribution < -0.4 is 5.32 Å². The SMILES string of the molecule is C=CCCC(NC(=O)OCC1c2ccccc2-c2ccccc21)C(=O)N1CCC(C(=O)O)C1. The number of carboxylic acid groups (broad SMARTS) is 1. The molecule has 2 N–H and O–H groups in total. The van der Waals surface area contributed by atoms with Crippen molar-refractivity contribution in [1.82, 2.24) is 10.2 Å². The van der Waals surface area contributed by atoms with E-state index in [0.29, 0.717) is 25.8 Å². The van der Waals surface area contributed by atoms with Gasteiger partial charge < -0.3 is 20.1 Å². The number of carbonyl (C=O) groups is 3. The Morgan fingerprint density at radius 1 is 1.12 bits per heavy atom. The summed E-state index contributed by atoms with van der Waals surface area (Å²) in [5.41, 5.74) is 4.51. The van der Waals surface area contributed by atoms with Gasteiger partial charge in [0.25, 0.3) is 0 Å². The van der Waals surface area contributed by atoms with Crippen LogP contribution in [0.25, 0.3) is 11.1 Å². The van der Waals surface area contributed by atoms with Crippen molar-refractivity contribution in [2.24, 2.45) is 5.92 Å². The van der Waals surface area contributed by atoms with Gasteiger partial charge >= 0.3 is 12.1 Å². The van der Waals surface area contributed by atoms with Gasteiger partial charge in [-0.15, -0.1) is 6.58 Å². The van der Waals surface area contributed by atoms with Crippen LogP contribution in [0, 0.1) is 5.92 Å². The Kier molecular flexibility index (Phi) is 6.77. The van der Waals surface area contributed by atoms with E-state index in [0.717, 1.165) is 22.3 Å². The number of ether oxygens (including phenoxy) is 1. The molecule has 0 radical (unpaired) electrons. The van der Waals surface area contributed by atoms with Crippen LogP contribution in [0.15, 0.2) is 61.2 Å². The van der Waals surface area contributed by atoms with E-state index in [9.17, 15) is 19.5 Å². The van der Waals surface area contributed by atoms with Gasteiger partial charge in [-0.3, -0.25) is 9.59 Å². The number of fused-ring (bicyclic) bond motifs is 3. The lowest BCUT2D eigenvalue weighted by Gasteiger charge is -2.24. The number of carboxylic acids is 1. The van der Waals surface area contributed by atoms with Crippen molar-refractivity contribution >= 4 is 18.0 Å². The molecule has 2 aromatic rings. The van der Waals surface area contributed by atoms with Gasteiger partial charge in [0, 0.05) is 19.0 Å². The Morgan fingerprint density at radius 2 is 1.76 bits per heavy atom. The van der Waals surface area contributed by atoms with Crippen molar-refractivity contribution in [1.29, 1.82) is 0 Å². The van der Waals surface area contributed by atoms with Crippen LogP contribution in [0.3, 0.4) is 0 Å². The van der Waals surface area contributed by atoms with Gasteiger partial charge in [0.2, 0.25) is 5.91 Å². The van der Waals surface area contributed by atoms with E-state index in [1.54, 1.807) is 6.08 Å². The zero-order valence-electron chi connectivity index (χ0n) is 18.4. The summed E-state index contributed by atoms with van der Waals surface area (Å²) in [5.74, 6) is -1.82. The molecule has 7 nitrogen and oxygen atoms in total. The highest BCUT2D eigenvalue weighted by molar-refractivity contribution is 5.87. The Labute approximate surface area is 193 Å². The van der Waals surface area contributed by atoms with Gasteiger partial charge in [-0.1, -0.05) is 54.6 Å². The highest BCUT2D eigenvalue weighted by atomic mass is 16.5. The van der Waals surface area contributed by atoms with Crippen molar-refractivity contribution in [2.45, 2.75) is 31.2 Å². The van der Waals surface area contributed by atoms with Crippen molar-refractivity contribution in [3.63, 3.8) is 0 Å². The Bertz CT molecular complexity index is 1020. The number of allylic oxidation sites excluding steroid dienone is 1. The van der Waals surface area contributed by atoms with E-state index in [1.165, 1.54) is 4.90 Å². The van der Waals surface area contributed by atoms with Crippen molar-refractivity contribution in [3.05, 3.63) is 72.3 Å². The minimum absolute atomic E-state index is 0.0691. The molecule has 7 heteroatoms. The number of carbonyl (C=O) groups excluding carboxylic acids is 2. The smallest absolute Gasteiger partial charge is 0.407 e. The molecule has 0 bridgehead atoms. The molecule has 0 aromatic heterocycles. The first-order valence-electron chi connectivity index (χ1n) is 11.2. The molecule has 1 fully saturated rings. The molecule has 2 amide bonds. The number of alkyl carbamates (subject to hydrolysis) is 1. The summed E-state index contributed by atoms with van der Waals surface area (Å²) in [5, 5.41) is 11.9. The first-order valence-corrected chi connectivity index (χ1v) is 11.2. The monoisotopic (exact) mass is 448 g/mol. The average molecular weight is 449 g/mol. The molecule has 2 atom stereocenters. The average Bonchev–Trinajstić information content (AvgIpc) is 3.44. The van der Waals surface area contributed by atoms with Crippen molar-refractivity contribution < 1.29 is 24.2 Å². The molecular weight excluding hydrogens is 420 g/mol. The third kappa shape index (κ3) is 4.77. The number of likely N-dealkylation sites (tertiary alicyclic amines) is 1. The molecule has 33 heavy (non-hydrogen) atoms. The van der Waals surface area contributed by atoms with E-state index >= 15 is 0 Å². The van der Waals surface area contributed by atoms with E-state index in [-0.39, 0.29) is 25.0 Å². The molecule has 172 valence electrons. The van der Waals surface area contributed by atoms with Crippen LogP contribution in [0.2, 0.25) is 0 Å². The zero-order chi connectivity index (χ0) is 23.4. The first-order chi connectivity index (χ1) is 16.0. The third-order valence-corrected chi connectivity index (χ3v) is 6.44. The number of hydrogen-bond donors (Lipinski definition) is 2. The fourth-order valence-corrected chi connectivity index (χ4v) is 4.71. The number of nitrogens with one attached hydrogen (secondary N) is 1. The second kappa shape index (κ2) is 9.90. The molecule has 1 heterocycles. The molecule has 2 unspecified atom stereocenters. The lowest BCUT2D eigenvalue weighted by molar-refractivity contribution is -0.141. The van der Waals surface area contributed by atoms with Gasteiger partial charge in [-0.25, -0.2) is 4.79 Å². The predicted octanol–water partition coefficient (Wildman–Crippen LogP) is 3.79. The van der Waals surface area contributed by atoms with E-state index < -0.39 is 24.0 Å². The molecule has 0 saturated carbocycles. The minimum atomic E-state index is -0.905. The van der Waals surface area contributed by atoms with Gasteiger partial charge in [0.15, 0.2) is 0 Å². The fraction of sp³-hybridized carbons (Fsp3) is 0.346. The Balaban J connectivity index is 1.41. The summed E-state index contributed by atoms with van der Waals surface area (Å²) in [7, 11) is 0. The van der Waals surface area contributed by atoms with Gasteiger partial charge in [0.1, 0.15) is 12.6 Å². The van der Waals surface area contributed by atoms with Crippen LogP contribution in [-0.4, -0.2) is 53.7 Å². The van der Waals surface area contributed by atoms with E-state index in [2.05, 4.69) is 24.0 Å². The largest absolute Gasteiger partial charge is 0.481 e. The van der Waals surface area contributed by atoms with Gasteiger partial charge in [-0.2, -0.15) is 0 Å². The molecule has 2 aromatic carbocycles. The summed E-state index contributed by atoms with van der Waals surface area (Å²) < 4.78 is 5.58. The maximum atomic E-state index is 13.0. The summed E-state index contributed by atoms with van der Waals surface area (Å²) in [6.45, 7) is 4.37. The van der Waals surface area contributed by atoms with Crippen LogP contribution in [-0.2, 0) is 14.3 Å². The lowest BCUT2D eigenvalue weighted by Crippen LogP contribution is -2.48. The van der Waals surface area contributed by atoms with Crippen molar-refractivity contribution in [2.75, 3.05) is 19.7 Å². The third-order valence-electron chi connectivity index (χ3n) is 6.44. The highest BCUT2D eigenvalue weighted by Gasteiger charge is 2.35. The Hall–Kier alpha value is -3.61. The standard InChI is InChI=1S/C26H28N2O5/c1-2-3-12-23(24(29)28-14-13-17(15-28)25(30)31)27-26(32)33-16-22-20-10-6-4-8-18(20)19-9-5-7-11-21(19)22/h2,4-11,17,22-23H,1,3,12-16H2,(H,27,32)(H,30,31). The fourth-order valence-electron chi connectivity index (χ4n) is 4.71. The topological polar surface area (TPSA) is 95.9 Å². The maximum Gasteiger partial charge on any atom is 0.407 e. The molecule has 1 aliphatic heterocycles. The minimum Gasteiger partial charge on any atom is -0.481 e. The molecule has 2 aliphatic rings. The lowest BCUT2D eigenvalue weighted by atomic mass is 9.98. The summed E-state index contributed by atoms with van der Waals surface area (Å²) >= 11 is 0. The second-order valence-corrected chi connectivity index (χ2v) is 8.50. The number of aliphatic carboxylic acids is 1. The zero-order valence-corrected chi connectivity index (χ0v) is 18.4. The van der Waals surface area contributed by atoms with Crippen molar-refractivity contribution in [3.8, 4) is 11.1 Å². The summed E-state index contributed by atoms with van der Waals surface area (Å²) in [6.07, 6.45) is 2.36. The quantitative estimate of drug-likeness (QED) is 0.599. The number of hydrogen-bond acceptors (Lipinski definition) is 4. The second-order valence-electron chi connectivity index (χ2n) is 8.50. The number of amides is 2. The normalized spacial score (nSPS) is 17.7. The van der Waals surface area contributed by atoms with Crippen LogP contribution in [0.4, 0.5) is 4.79 Å². The predicted molar refractivity (Wildman–Crippen MR) is 124 cm³/mol. The van der Waals surface area contributed by atoms with Crippen LogP contribution >= 0.6 is 0 Å².